The number of allylic oxidation sites excluding steroid dienone is 1. The molecule has 0 spiro atoms. The number of methoxy groups -OCH3 is 1. The second kappa shape index (κ2) is 11.4. The zero-order chi connectivity index (χ0) is 26.5. The number of hydrogen-bond acceptors (Lipinski definition) is 6. The molecule has 4 rings (SSSR count). The first-order chi connectivity index (χ1) is 17.8. The molecule has 1 N–H and O–H groups in total. The quantitative estimate of drug-likeness (QED) is 0.434. The predicted molar refractivity (Wildman–Crippen MR) is 140 cm³/mol. The van der Waals surface area contributed by atoms with Gasteiger partial charge in [0.05, 0.1) is 24.4 Å². The zero-order valence-electron chi connectivity index (χ0n) is 21.6. The summed E-state index contributed by atoms with van der Waals surface area (Å²) in [6, 6.07) is 12.7. The molecule has 2 heterocycles. The number of rotatable bonds is 8. The molecule has 1 saturated heterocycles. The fourth-order valence-electron chi connectivity index (χ4n) is 4.42. The van der Waals surface area contributed by atoms with Crippen LogP contribution in [0, 0.1) is 13.8 Å². The van der Waals surface area contributed by atoms with E-state index in [4.69, 9.17) is 14.2 Å². The average molecular weight is 505 g/mol. The Morgan fingerprint density at radius 3 is 2.51 bits per heavy atom. The Kier molecular flexibility index (Phi) is 8.08. The summed E-state index contributed by atoms with van der Waals surface area (Å²) in [5.41, 5.74) is 4.56. The van der Waals surface area contributed by atoms with E-state index >= 15 is 0 Å². The van der Waals surface area contributed by atoms with Crippen LogP contribution in [0.3, 0.4) is 0 Å². The van der Waals surface area contributed by atoms with Crippen LogP contribution in [0.25, 0.3) is 6.08 Å². The number of anilines is 1. The highest BCUT2D eigenvalue weighted by Crippen LogP contribution is 2.36. The fraction of sp³-hybridized carbons (Fsp3) is 0.345. The second-order valence-corrected chi connectivity index (χ2v) is 9.22. The molecule has 2 aliphatic rings. The van der Waals surface area contributed by atoms with Crippen LogP contribution in [-0.2, 0) is 23.9 Å². The number of ether oxygens (including phenoxy) is 3. The van der Waals surface area contributed by atoms with Crippen molar-refractivity contribution in [2.75, 3.05) is 31.8 Å². The maximum absolute atomic E-state index is 13.5. The minimum atomic E-state index is -0.572. The van der Waals surface area contributed by atoms with E-state index in [9.17, 15) is 14.4 Å². The maximum Gasteiger partial charge on any atom is 0.340 e. The topological polar surface area (TPSA) is 94.2 Å². The Bertz CT molecular complexity index is 1260. The van der Waals surface area contributed by atoms with Gasteiger partial charge in [0.15, 0.2) is 6.61 Å². The van der Waals surface area contributed by atoms with Crippen LogP contribution >= 0.6 is 0 Å². The number of nitrogens with zero attached hydrogens (tertiary/aromatic N) is 1. The molecule has 2 amide bonds. The predicted octanol–water partition coefficient (Wildman–Crippen LogP) is 3.85. The van der Waals surface area contributed by atoms with Gasteiger partial charge < -0.3 is 19.5 Å². The smallest absolute Gasteiger partial charge is 0.340 e. The third-order valence-electron chi connectivity index (χ3n) is 6.65. The van der Waals surface area contributed by atoms with Crippen molar-refractivity contribution in [1.29, 1.82) is 0 Å². The van der Waals surface area contributed by atoms with Gasteiger partial charge in [-0.25, -0.2) is 4.79 Å². The molecule has 1 atom stereocenters. The van der Waals surface area contributed by atoms with E-state index in [1.807, 2.05) is 32.0 Å². The molecule has 2 aliphatic heterocycles. The van der Waals surface area contributed by atoms with Crippen molar-refractivity contribution in [3.63, 3.8) is 0 Å². The number of carbonyl (C=O) groups is 3. The number of aryl methyl sites for hydroxylation is 2. The molecule has 2 aromatic rings. The molecular formula is C29H32N2O6. The second-order valence-electron chi connectivity index (χ2n) is 9.22. The first-order valence-electron chi connectivity index (χ1n) is 12.3. The highest BCUT2D eigenvalue weighted by atomic mass is 16.5. The molecule has 0 aliphatic carbocycles. The van der Waals surface area contributed by atoms with E-state index in [0.717, 1.165) is 30.6 Å². The number of esters is 1. The van der Waals surface area contributed by atoms with Crippen LogP contribution in [-0.4, -0.2) is 50.8 Å². The molecule has 2 aromatic carbocycles. The number of benzene rings is 2. The van der Waals surface area contributed by atoms with Gasteiger partial charge in [0, 0.05) is 24.5 Å². The lowest BCUT2D eigenvalue weighted by molar-refractivity contribution is -0.136. The Balaban J connectivity index is 1.48. The van der Waals surface area contributed by atoms with E-state index in [-0.39, 0.29) is 35.7 Å². The summed E-state index contributed by atoms with van der Waals surface area (Å²) in [6.07, 6.45) is 3.71. The molecule has 37 heavy (non-hydrogen) atoms. The Hall–Kier alpha value is -3.91. The molecule has 0 saturated carbocycles. The summed E-state index contributed by atoms with van der Waals surface area (Å²) in [4.78, 5) is 39.7. The molecule has 8 nitrogen and oxygen atoms in total. The van der Waals surface area contributed by atoms with Crippen molar-refractivity contribution in [2.24, 2.45) is 0 Å². The van der Waals surface area contributed by atoms with Gasteiger partial charge in [-0.15, -0.1) is 0 Å². The van der Waals surface area contributed by atoms with Crippen molar-refractivity contribution < 1.29 is 28.6 Å². The molecule has 8 heteroatoms. The first-order valence-corrected chi connectivity index (χ1v) is 12.3. The largest absolute Gasteiger partial charge is 0.484 e. The van der Waals surface area contributed by atoms with Crippen molar-refractivity contribution in [3.8, 4) is 5.75 Å². The van der Waals surface area contributed by atoms with Gasteiger partial charge in [0.25, 0.3) is 11.8 Å². The Labute approximate surface area is 216 Å². The zero-order valence-corrected chi connectivity index (χ0v) is 21.6. The van der Waals surface area contributed by atoms with Gasteiger partial charge >= 0.3 is 5.97 Å². The third kappa shape index (κ3) is 5.91. The van der Waals surface area contributed by atoms with Gasteiger partial charge in [-0.1, -0.05) is 18.2 Å². The lowest BCUT2D eigenvalue weighted by Gasteiger charge is -2.19. The van der Waals surface area contributed by atoms with Crippen LogP contribution in [0.4, 0.5) is 5.69 Å². The monoisotopic (exact) mass is 504 g/mol. The summed E-state index contributed by atoms with van der Waals surface area (Å²) in [6.45, 7) is 6.84. The molecular weight excluding hydrogens is 472 g/mol. The lowest BCUT2D eigenvalue weighted by atomic mass is 10.0. The maximum atomic E-state index is 13.5. The molecule has 0 bridgehead atoms. The van der Waals surface area contributed by atoms with E-state index in [0.29, 0.717) is 29.2 Å². The van der Waals surface area contributed by atoms with Gasteiger partial charge in [0.2, 0.25) is 0 Å². The normalized spacial score (nSPS) is 18.5. The Morgan fingerprint density at radius 1 is 1.11 bits per heavy atom. The van der Waals surface area contributed by atoms with Crippen LogP contribution in [0.1, 0.15) is 36.5 Å². The summed E-state index contributed by atoms with van der Waals surface area (Å²) >= 11 is 0. The third-order valence-corrected chi connectivity index (χ3v) is 6.65. The molecule has 0 aromatic heterocycles. The van der Waals surface area contributed by atoms with Crippen LogP contribution < -0.4 is 15.0 Å². The van der Waals surface area contributed by atoms with E-state index in [1.165, 1.54) is 12.0 Å². The van der Waals surface area contributed by atoms with Crippen LogP contribution in [0.2, 0.25) is 0 Å². The van der Waals surface area contributed by atoms with Crippen molar-refractivity contribution in [2.45, 2.75) is 39.7 Å². The highest BCUT2D eigenvalue weighted by Gasteiger charge is 2.38. The molecule has 194 valence electrons. The van der Waals surface area contributed by atoms with Crippen LogP contribution in [0.5, 0.6) is 5.75 Å². The lowest BCUT2D eigenvalue weighted by Crippen LogP contribution is -2.35. The molecule has 0 radical (unpaired) electrons. The number of carbonyl (C=O) groups excluding carboxylic acids is 3. The van der Waals surface area contributed by atoms with Gasteiger partial charge in [0.1, 0.15) is 5.75 Å². The van der Waals surface area contributed by atoms with Crippen LogP contribution in [0.15, 0.2) is 59.3 Å². The van der Waals surface area contributed by atoms with Gasteiger partial charge in [-0.05, 0) is 80.6 Å². The standard InChI is InChI=1S/C29H32N2O6/c1-18-7-10-22(14-19(18)2)31-20(3)27(29(34)35-4)25(28(31)33)15-21-8-11-23(12-9-21)37-17-26(32)30-16-24-6-5-13-36-24/h7-12,14-15,24H,5-6,13,16-17H2,1-4H3,(H,30,32)/b25-15-/t24-/m0/s1. The van der Waals surface area contributed by atoms with Gasteiger partial charge in [-0.2, -0.15) is 0 Å². The SMILES string of the molecule is COC(=O)C1=C(C)N(c2ccc(C)c(C)c2)C(=O)/C1=C\c1ccc(OCC(=O)NC[C@@H]2CCCO2)cc1. The number of hydrogen-bond donors (Lipinski definition) is 1. The summed E-state index contributed by atoms with van der Waals surface area (Å²) < 4.78 is 16.1. The Morgan fingerprint density at radius 2 is 1.86 bits per heavy atom. The summed E-state index contributed by atoms with van der Waals surface area (Å²) in [5.74, 6) is -0.571. The van der Waals surface area contributed by atoms with Gasteiger partial charge in [-0.3, -0.25) is 14.5 Å². The highest BCUT2D eigenvalue weighted by molar-refractivity contribution is 6.23. The van der Waals surface area contributed by atoms with E-state index < -0.39 is 5.97 Å². The van der Waals surface area contributed by atoms with E-state index in [2.05, 4.69) is 5.32 Å². The summed E-state index contributed by atoms with van der Waals surface area (Å²) in [7, 11) is 1.30. The molecule has 0 unspecified atom stereocenters. The molecule has 1 fully saturated rings. The van der Waals surface area contributed by atoms with Crippen molar-refractivity contribution in [1.82, 2.24) is 5.32 Å². The minimum Gasteiger partial charge on any atom is -0.484 e. The van der Waals surface area contributed by atoms with E-state index in [1.54, 1.807) is 37.3 Å². The summed E-state index contributed by atoms with van der Waals surface area (Å²) in [5, 5.41) is 2.82. The number of amides is 2. The number of nitrogens with one attached hydrogen (secondary N) is 1. The fourth-order valence-corrected chi connectivity index (χ4v) is 4.42. The van der Waals surface area contributed by atoms with Crippen molar-refractivity contribution >= 4 is 29.5 Å². The average Bonchev–Trinajstić information content (AvgIpc) is 3.50. The van der Waals surface area contributed by atoms with Crippen molar-refractivity contribution in [3.05, 3.63) is 76.0 Å². The first kappa shape index (κ1) is 26.2. The minimum absolute atomic E-state index is 0.0769.